The minimum atomic E-state index is 0.0648. The lowest BCUT2D eigenvalue weighted by atomic mass is 9.95. The highest BCUT2D eigenvalue weighted by Gasteiger charge is 2.06. The Morgan fingerprint density at radius 2 is 1.58 bits per heavy atom. The molecule has 1 unspecified atom stereocenters. The molecule has 0 spiro atoms. The molecule has 0 saturated heterocycles. The van der Waals surface area contributed by atoms with E-state index in [1.165, 1.54) is 5.56 Å². The summed E-state index contributed by atoms with van der Waals surface area (Å²) in [6, 6.07) is 19.7. The van der Waals surface area contributed by atoms with E-state index in [9.17, 15) is 4.79 Å². The minimum Gasteiger partial charge on any atom is -0.289 e. The fraction of sp³-hybridized carbons (Fsp3) is 0.167. The first-order chi connectivity index (χ1) is 9.31. The van der Waals surface area contributed by atoms with Crippen molar-refractivity contribution in [3.63, 3.8) is 0 Å². The zero-order valence-corrected chi connectivity index (χ0v) is 11.1. The molecule has 1 atom stereocenters. The van der Waals surface area contributed by atoms with Gasteiger partial charge < -0.3 is 0 Å². The number of hydrogen-bond acceptors (Lipinski definition) is 1. The van der Waals surface area contributed by atoms with E-state index in [0.717, 1.165) is 12.0 Å². The van der Waals surface area contributed by atoms with E-state index in [2.05, 4.69) is 19.1 Å². The zero-order chi connectivity index (χ0) is 13.5. The molecule has 96 valence electrons. The van der Waals surface area contributed by atoms with Gasteiger partial charge in [-0.1, -0.05) is 73.7 Å². The maximum absolute atomic E-state index is 12.0. The van der Waals surface area contributed by atoms with Gasteiger partial charge in [0.1, 0.15) is 0 Å². The lowest BCUT2D eigenvalue weighted by Gasteiger charge is -2.09. The highest BCUT2D eigenvalue weighted by molar-refractivity contribution is 6.04. The lowest BCUT2D eigenvalue weighted by molar-refractivity contribution is 0.104. The minimum absolute atomic E-state index is 0.0648. The van der Waals surface area contributed by atoms with Gasteiger partial charge in [-0.25, -0.2) is 0 Å². The number of benzene rings is 2. The second-order valence-corrected chi connectivity index (χ2v) is 4.51. The van der Waals surface area contributed by atoms with Gasteiger partial charge in [-0.3, -0.25) is 4.79 Å². The van der Waals surface area contributed by atoms with E-state index in [1.807, 2.05) is 54.6 Å². The third-order valence-electron chi connectivity index (χ3n) is 3.21. The van der Waals surface area contributed by atoms with Gasteiger partial charge in [0, 0.05) is 11.5 Å². The van der Waals surface area contributed by atoms with Crippen molar-refractivity contribution in [2.24, 2.45) is 0 Å². The van der Waals surface area contributed by atoms with Crippen molar-refractivity contribution in [2.75, 3.05) is 0 Å². The molecule has 1 nitrogen and oxygen atoms in total. The fourth-order valence-corrected chi connectivity index (χ4v) is 2.09. The molecule has 0 aliphatic heterocycles. The quantitative estimate of drug-likeness (QED) is 0.559. The van der Waals surface area contributed by atoms with Gasteiger partial charge in [0.05, 0.1) is 0 Å². The smallest absolute Gasteiger partial charge is 0.185 e. The van der Waals surface area contributed by atoms with Gasteiger partial charge >= 0.3 is 0 Å². The van der Waals surface area contributed by atoms with Crippen molar-refractivity contribution < 1.29 is 4.79 Å². The monoisotopic (exact) mass is 250 g/mol. The second-order valence-electron chi connectivity index (χ2n) is 4.51. The summed E-state index contributed by atoms with van der Waals surface area (Å²) >= 11 is 0. The Labute approximate surface area is 114 Å². The fourth-order valence-electron chi connectivity index (χ4n) is 2.09. The van der Waals surface area contributed by atoms with Crippen LogP contribution in [0.3, 0.4) is 0 Å². The van der Waals surface area contributed by atoms with E-state index >= 15 is 0 Å². The molecule has 2 rings (SSSR count). The molecule has 0 radical (unpaired) electrons. The Morgan fingerprint density at radius 3 is 2.16 bits per heavy atom. The molecule has 0 N–H and O–H groups in total. The summed E-state index contributed by atoms with van der Waals surface area (Å²) in [5, 5.41) is 0. The van der Waals surface area contributed by atoms with Crippen molar-refractivity contribution in [3.8, 4) is 0 Å². The Hall–Kier alpha value is -2.15. The molecule has 2 aromatic carbocycles. The standard InChI is InChI=1S/C18H18O/c1-2-15(16-9-5-3-6-10-16)13-14-18(19)17-11-7-4-8-12-17/h3-15H,2H2,1H3/b14-13+. The molecular weight excluding hydrogens is 232 g/mol. The van der Waals surface area contributed by atoms with Gasteiger partial charge in [0.15, 0.2) is 5.78 Å². The summed E-state index contributed by atoms with van der Waals surface area (Å²) in [6.45, 7) is 2.13. The van der Waals surface area contributed by atoms with Crippen LogP contribution in [-0.4, -0.2) is 5.78 Å². The van der Waals surface area contributed by atoms with Crippen LogP contribution in [0.1, 0.15) is 35.2 Å². The van der Waals surface area contributed by atoms with Gasteiger partial charge in [-0.05, 0) is 18.1 Å². The third-order valence-corrected chi connectivity index (χ3v) is 3.21. The molecule has 0 aliphatic rings. The maximum Gasteiger partial charge on any atom is 0.185 e. The predicted octanol–water partition coefficient (Wildman–Crippen LogP) is 4.62. The van der Waals surface area contributed by atoms with Crippen LogP contribution in [0, 0.1) is 0 Å². The average molecular weight is 250 g/mol. The zero-order valence-electron chi connectivity index (χ0n) is 11.1. The average Bonchev–Trinajstić information content (AvgIpc) is 2.49. The van der Waals surface area contributed by atoms with Crippen molar-refractivity contribution in [1.29, 1.82) is 0 Å². The highest BCUT2D eigenvalue weighted by atomic mass is 16.1. The van der Waals surface area contributed by atoms with Gasteiger partial charge in [0.2, 0.25) is 0 Å². The lowest BCUT2D eigenvalue weighted by Crippen LogP contribution is -1.97. The molecule has 0 aromatic heterocycles. The van der Waals surface area contributed by atoms with Crippen molar-refractivity contribution in [2.45, 2.75) is 19.3 Å². The van der Waals surface area contributed by atoms with E-state index in [0.29, 0.717) is 5.92 Å². The summed E-state index contributed by atoms with van der Waals surface area (Å²) in [6.07, 6.45) is 4.68. The normalized spacial score (nSPS) is 12.5. The molecule has 1 heteroatoms. The van der Waals surface area contributed by atoms with Crippen LogP contribution in [-0.2, 0) is 0 Å². The van der Waals surface area contributed by atoms with Crippen LogP contribution in [0.4, 0.5) is 0 Å². The highest BCUT2D eigenvalue weighted by Crippen LogP contribution is 2.20. The topological polar surface area (TPSA) is 17.1 Å². The number of ketones is 1. The Morgan fingerprint density at radius 1 is 1.00 bits per heavy atom. The van der Waals surface area contributed by atoms with Crippen molar-refractivity contribution >= 4 is 5.78 Å². The van der Waals surface area contributed by atoms with Crippen LogP contribution in [0.25, 0.3) is 0 Å². The summed E-state index contributed by atoms with van der Waals surface area (Å²) in [5.41, 5.74) is 1.99. The molecule has 19 heavy (non-hydrogen) atoms. The first kappa shape index (κ1) is 13.3. The SMILES string of the molecule is CCC(/C=C/C(=O)c1ccccc1)c1ccccc1. The summed E-state index contributed by atoms with van der Waals surface area (Å²) in [7, 11) is 0. The maximum atomic E-state index is 12.0. The Kier molecular flexibility index (Phi) is 4.68. The van der Waals surface area contributed by atoms with Crippen molar-refractivity contribution in [3.05, 3.63) is 83.9 Å². The molecule has 0 heterocycles. The van der Waals surface area contributed by atoms with Crippen LogP contribution in [0.2, 0.25) is 0 Å². The largest absolute Gasteiger partial charge is 0.289 e. The molecule has 0 amide bonds. The van der Waals surface area contributed by atoms with E-state index in [-0.39, 0.29) is 5.78 Å². The third kappa shape index (κ3) is 3.65. The first-order valence-electron chi connectivity index (χ1n) is 6.63. The number of hydrogen-bond donors (Lipinski definition) is 0. The number of carbonyl (C=O) groups excluding carboxylic acids is 1. The summed E-state index contributed by atoms with van der Waals surface area (Å²) in [5.74, 6) is 0.365. The van der Waals surface area contributed by atoms with Crippen molar-refractivity contribution in [1.82, 2.24) is 0 Å². The molecule has 0 bridgehead atoms. The summed E-state index contributed by atoms with van der Waals surface area (Å²) < 4.78 is 0. The predicted molar refractivity (Wildman–Crippen MR) is 79.4 cm³/mol. The van der Waals surface area contributed by atoms with Gasteiger partial charge in [-0.2, -0.15) is 0 Å². The number of rotatable bonds is 5. The van der Waals surface area contributed by atoms with Crippen LogP contribution < -0.4 is 0 Å². The first-order valence-corrected chi connectivity index (χ1v) is 6.63. The van der Waals surface area contributed by atoms with Crippen LogP contribution in [0.15, 0.2) is 72.8 Å². The molecule has 0 saturated carbocycles. The van der Waals surface area contributed by atoms with E-state index < -0.39 is 0 Å². The number of carbonyl (C=O) groups is 1. The van der Waals surface area contributed by atoms with E-state index in [1.54, 1.807) is 6.08 Å². The number of allylic oxidation sites excluding steroid dienone is 2. The Balaban J connectivity index is 2.11. The van der Waals surface area contributed by atoms with Gasteiger partial charge in [-0.15, -0.1) is 0 Å². The summed E-state index contributed by atoms with van der Waals surface area (Å²) in [4.78, 5) is 12.0. The molecule has 0 aliphatic carbocycles. The Bertz CT molecular complexity index is 540. The second kappa shape index (κ2) is 6.69. The van der Waals surface area contributed by atoms with Crippen LogP contribution >= 0.6 is 0 Å². The van der Waals surface area contributed by atoms with E-state index in [4.69, 9.17) is 0 Å². The molecular formula is C18H18O. The van der Waals surface area contributed by atoms with Gasteiger partial charge in [0.25, 0.3) is 0 Å². The van der Waals surface area contributed by atoms with Crippen LogP contribution in [0.5, 0.6) is 0 Å². The molecule has 0 fully saturated rings. The molecule has 2 aromatic rings.